The van der Waals surface area contributed by atoms with Gasteiger partial charge >= 0.3 is 0 Å². The third kappa shape index (κ3) is 2.26. The van der Waals surface area contributed by atoms with E-state index in [0.29, 0.717) is 16.4 Å². The van der Waals surface area contributed by atoms with Crippen molar-refractivity contribution < 1.29 is 9.53 Å². The molecule has 2 unspecified atom stereocenters. The second kappa shape index (κ2) is 4.92. The van der Waals surface area contributed by atoms with Gasteiger partial charge in [0, 0.05) is 34.2 Å². The summed E-state index contributed by atoms with van der Waals surface area (Å²) in [5.41, 5.74) is 0.729. The Morgan fingerprint density at radius 2 is 2.06 bits per heavy atom. The zero-order valence-corrected chi connectivity index (χ0v) is 11.3. The number of hydrogen-bond acceptors (Lipinski definition) is 4. The highest BCUT2D eigenvalue weighted by atomic mass is 32.2. The van der Waals surface area contributed by atoms with Crippen LogP contribution in [0.25, 0.3) is 0 Å². The number of rotatable bonds is 3. The summed E-state index contributed by atoms with van der Waals surface area (Å²) in [6, 6.07) is 3.59. The molecular formula is C14H17NO2S. The van der Waals surface area contributed by atoms with Gasteiger partial charge in [-0.2, -0.15) is 11.8 Å². The minimum Gasteiger partial charge on any atom is -0.481 e. The maximum atomic E-state index is 12.4. The van der Waals surface area contributed by atoms with E-state index in [0.717, 1.165) is 18.4 Å². The Balaban J connectivity index is 1.73. The Hall–Kier alpha value is -1.03. The van der Waals surface area contributed by atoms with Gasteiger partial charge in [0.15, 0.2) is 5.78 Å². The summed E-state index contributed by atoms with van der Waals surface area (Å²) in [5.74, 6) is 1.03. The average Bonchev–Trinajstić information content (AvgIpc) is 2.77. The molecule has 2 atom stereocenters. The maximum absolute atomic E-state index is 12.4. The molecule has 1 aromatic heterocycles. The Morgan fingerprint density at radius 3 is 2.61 bits per heavy atom. The lowest BCUT2D eigenvalue weighted by molar-refractivity contribution is 0.0906. The summed E-state index contributed by atoms with van der Waals surface area (Å²) in [6.07, 6.45) is 6.32. The van der Waals surface area contributed by atoms with Gasteiger partial charge in [-0.05, 0) is 31.7 Å². The lowest BCUT2D eigenvalue weighted by Gasteiger charge is -2.26. The van der Waals surface area contributed by atoms with E-state index in [1.54, 1.807) is 19.4 Å². The Morgan fingerprint density at radius 1 is 1.33 bits per heavy atom. The van der Waals surface area contributed by atoms with Crippen molar-refractivity contribution >= 4 is 17.5 Å². The fourth-order valence-electron chi connectivity index (χ4n) is 2.95. The third-order valence-corrected chi connectivity index (χ3v) is 5.52. The van der Waals surface area contributed by atoms with Gasteiger partial charge in [-0.3, -0.25) is 4.79 Å². The number of nitrogens with zero attached hydrogens (tertiary/aromatic N) is 1. The van der Waals surface area contributed by atoms with E-state index < -0.39 is 0 Å². The molecular weight excluding hydrogens is 246 g/mol. The normalized spacial score (nSPS) is 30.2. The molecule has 2 saturated heterocycles. The smallest absolute Gasteiger partial charge is 0.212 e. The summed E-state index contributed by atoms with van der Waals surface area (Å²) in [6.45, 7) is 0. The number of Topliss-reactive ketones (excluding diaryl/α,β-unsaturated/α-hetero) is 1. The number of ketones is 1. The number of carbonyl (C=O) groups excluding carboxylic acids is 1. The summed E-state index contributed by atoms with van der Waals surface area (Å²) in [5, 5.41) is 1.42. The summed E-state index contributed by atoms with van der Waals surface area (Å²) >= 11 is 2.09. The van der Waals surface area contributed by atoms with Crippen molar-refractivity contribution in [2.75, 3.05) is 7.11 Å². The maximum Gasteiger partial charge on any atom is 0.212 e. The standard InChI is InChI=1S/C14H17NO2S/c1-17-13-5-2-9(8-15-13)14(16)10-6-11-3-4-12(7-10)18-11/h2,5,8,10-12H,3-4,6-7H2,1H3. The zero-order chi connectivity index (χ0) is 12.5. The van der Waals surface area contributed by atoms with Crippen molar-refractivity contribution in [3.05, 3.63) is 23.9 Å². The average molecular weight is 263 g/mol. The first-order valence-corrected chi connectivity index (χ1v) is 7.40. The van der Waals surface area contributed by atoms with E-state index in [1.165, 1.54) is 12.8 Å². The van der Waals surface area contributed by atoms with Crippen molar-refractivity contribution in [2.45, 2.75) is 36.2 Å². The van der Waals surface area contributed by atoms with Gasteiger partial charge in [-0.15, -0.1) is 0 Å². The zero-order valence-electron chi connectivity index (χ0n) is 10.5. The van der Waals surface area contributed by atoms with Crippen LogP contribution in [-0.4, -0.2) is 28.4 Å². The molecule has 0 spiro atoms. The van der Waals surface area contributed by atoms with Crippen LogP contribution >= 0.6 is 11.8 Å². The van der Waals surface area contributed by atoms with Gasteiger partial charge in [0.1, 0.15) is 0 Å². The number of thioether (sulfide) groups is 1. The number of ether oxygens (including phenoxy) is 1. The summed E-state index contributed by atoms with van der Waals surface area (Å²) in [4.78, 5) is 16.5. The molecule has 3 nitrogen and oxygen atoms in total. The van der Waals surface area contributed by atoms with Crippen LogP contribution in [-0.2, 0) is 0 Å². The van der Waals surface area contributed by atoms with E-state index in [-0.39, 0.29) is 11.7 Å². The van der Waals surface area contributed by atoms with Gasteiger partial charge in [0.25, 0.3) is 0 Å². The quantitative estimate of drug-likeness (QED) is 0.786. The SMILES string of the molecule is COc1ccc(C(=O)C2CC3CCC(C2)S3)cn1. The molecule has 0 radical (unpaired) electrons. The van der Waals surface area contributed by atoms with E-state index >= 15 is 0 Å². The lowest BCUT2D eigenvalue weighted by atomic mass is 9.91. The minimum atomic E-state index is 0.207. The highest BCUT2D eigenvalue weighted by molar-refractivity contribution is 8.00. The molecule has 2 fully saturated rings. The van der Waals surface area contributed by atoms with Crippen molar-refractivity contribution in [3.8, 4) is 5.88 Å². The summed E-state index contributed by atoms with van der Waals surface area (Å²) in [7, 11) is 1.58. The number of hydrogen-bond donors (Lipinski definition) is 0. The Labute approximate surface area is 111 Å². The van der Waals surface area contributed by atoms with E-state index in [1.807, 2.05) is 6.07 Å². The number of fused-ring (bicyclic) bond motifs is 2. The van der Waals surface area contributed by atoms with Crippen LogP contribution in [0, 0.1) is 5.92 Å². The van der Waals surface area contributed by atoms with Crippen LogP contribution in [0.2, 0.25) is 0 Å². The second-order valence-corrected chi connectivity index (χ2v) is 6.68. The van der Waals surface area contributed by atoms with Crippen LogP contribution in [0.15, 0.2) is 18.3 Å². The van der Waals surface area contributed by atoms with E-state index in [9.17, 15) is 4.79 Å². The van der Waals surface area contributed by atoms with Gasteiger partial charge in [-0.1, -0.05) is 0 Å². The van der Waals surface area contributed by atoms with Crippen LogP contribution < -0.4 is 4.74 Å². The monoisotopic (exact) mass is 263 g/mol. The molecule has 4 heteroatoms. The molecule has 0 aromatic carbocycles. The number of pyridine rings is 1. The van der Waals surface area contributed by atoms with Crippen molar-refractivity contribution in [3.63, 3.8) is 0 Å². The van der Waals surface area contributed by atoms with E-state index in [2.05, 4.69) is 16.7 Å². The molecule has 1 aromatic rings. The molecule has 2 bridgehead atoms. The number of carbonyl (C=O) groups is 1. The molecule has 2 aliphatic heterocycles. The van der Waals surface area contributed by atoms with E-state index in [4.69, 9.17) is 4.74 Å². The second-order valence-electron chi connectivity index (χ2n) is 5.08. The highest BCUT2D eigenvalue weighted by Gasteiger charge is 2.37. The van der Waals surface area contributed by atoms with Gasteiger partial charge < -0.3 is 4.74 Å². The topological polar surface area (TPSA) is 39.2 Å². The fraction of sp³-hybridized carbons (Fsp3) is 0.571. The molecule has 0 amide bonds. The molecule has 3 rings (SSSR count). The van der Waals surface area contributed by atoms with Gasteiger partial charge in [0.05, 0.1) is 7.11 Å². The largest absolute Gasteiger partial charge is 0.481 e. The predicted molar refractivity (Wildman–Crippen MR) is 72.2 cm³/mol. The molecule has 18 heavy (non-hydrogen) atoms. The van der Waals surface area contributed by atoms with Crippen LogP contribution in [0.1, 0.15) is 36.0 Å². The first-order valence-electron chi connectivity index (χ1n) is 6.46. The first kappa shape index (κ1) is 12.0. The predicted octanol–water partition coefficient (Wildman–Crippen LogP) is 2.95. The first-order chi connectivity index (χ1) is 8.76. The van der Waals surface area contributed by atoms with Crippen LogP contribution in [0.4, 0.5) is 0 Å². The Kier molecular flexibility index (Phi) is 3.29. The number of aromatic nitrogens is 1. The highest BCUT2D eigenvalue weighted by Crippen LogP contribution is 2.46. The number of methoxy groups -OCH3 is 1. The van der Waals surface area contributed by atoms with Gasteiger partial charge in [0.2, 0.25) is 5.88 Å². The van der Waals surface area contributed by atoms with Crippen molar-refractivity contribution in [1.29, 1.82) is 0 Å². The van der Waals surface area contributed by atoms with Crippen LogP contribution in [0.5, 0.6) is 5.88 Å². The molecule has 0 aliphatic carbocycles. The Bertz CT molecular complexity index is 434. The lowest BCUT2D eigenvalue weighted by Crippen LogP contribution is -2.24. The van der Waals surface area contributed by atoms with Gasteiger partial charge in [-0.25, -0.2) is 4.98 Å². The van der Waals surface area contributed by atoms with Crippen molar-refractivity contribution in [2.24, 2.45) is 5.92 Å². The molecule has 2 aliphatic rings. The molecule has 96 valence electrons. The molecule has 0 N–H and O–H groups in total. The third-order valence-electron chi connectivity index (χ3n) is 3.89. The summed E-state index contributed by atoms with van der Waals surface area (Å²) < 4.78 is 5.01. The van der Waals surface area contributed by atoms with Crippen LogP contribution in [0.3, 0.4) is 0 Å². The fourth-order valence-corrected chi connectivity index (χ4v) is 4.73. The minimum absolute atomic E-state index is 0.207. The molecule has 3 heterocycles. The molecule has 0 saturated carbocycles. The van der Waals surface area contributed by atoms with Crippen molar-refractivity contribution in [1.82, 2.24) is 4.98 Å².